The lowest BCUT2D eigenvalue weighted by Crippen LogP contribution is -2.47. The quantitative estimate of drug-likeness (QED) is 0.822. The van der Waals surface area contributed by atoms with Gasteiger partial charge < -0.3 is 15.1 Å². The van der Waals surface area contributed by atoms with Gasteiger partial charge in [-0.3, -0.25) is 9.59 Å². The summed E-state index contributed by atoms with van der Waals surface area (Å²) < 4.78 is 0. The molecule has 1 saturated carbocycles. The molecule has 2 fully saturated rings. The lowest BCUT2D eigenvalue weighted by Gasteiger charge is -2.32. The largest absolute Gasteiger partial charge is 0.352 e. The van der Waals surface area contributed by atoms with E-state index in [1.807, 2.05) is 53.4 Å². The first-order valence-corrected chi connectivity index (χ1v) is 10.5. The molecule has 2 aromatic carbocycles. The van der Waals surface area contributed by atoms with Gasteiger partial charge in [0.25, 0.3) is 5.91 Å². The van der Waals surface area contributed by atoms with Crippen molar-refractivity contribution in [2.75, 3.05) is 33.2 Å². The Morgan fingerprint density at radius 2 is 1.72 bits per heavy atom. The molecule has 2 aliphatic rings. The zero-order valence-corrected chi connectivity index (χ0v) is 17.4. The molecule has 0 spiro atoms. The Hall–Kier alpha value is -2.37. The summed E-state index contributed by atoms with van der Waals surface area (Å²) in [5.41, 5.74) is 2.75. The first-order valence-electron chi connectivity index (χ1n) is 10.1. The first kappa shape index (κ1) is 19.9. The number of carbonyl (C=O) groups excluding carboxylic acids is 2. The van der Waals surface area contributed by atoms with Gasteiger partial charge >= 0.3 is 0 Å². The van der Waals surface area contributed by atoms with Crippen molar-refractivity contribution < 1.29 is 9.59 Å². The van der Waals surface area contributed by atoms with Gasteiger partial charge in [-0.1, -0.05) is 41.9 Å². The van der Waals surface area contributed by atoms with E-state index in [-0.39, 0.29) is 23.7 Å². The molecular formula is C23H26ClN3O2. The second-order valence-electron chi connectivity index (χ2n) is 7.98. The summed E-state index contributed by atoms with van der Waals surface area (Å²) in [5.74, 6) is 0.349. The number of amides is 2. The van der Waals surface area contributed by atoms with E-state index in [2.05, 4.69) is 17.3 Å². The van der Waals surface area contributed by atoms with Crippen molar-refractivity contribution in [2.24, 2.45) is 5.92 Å². The fourth-order valence-corrected chi connectivity index (χ4v) is 4.16. The third-order valence-electron chi connectivity index (χ3n) is 5.89. The fourth-order valence-electron chi connectivity index (χ4n) is 3.88. The number of likely N-dealkylation sites (N-methyl/N-ethyl adjacent to an activating group) is 1. The zero-order valence-electron chi connectivity index (χ0n) is 16.6. The molecule has 1 aliphatic carbocycles. The van der Waals surface area contributed by atoms with Gasteiger partial charge in [-0.25, -0.2) is 0 Å². The van der Waals surface area contributed by atoms with E-state index in [4.69, 9.17) is 11.6 Å². The van der Waals surface area contributed by atoms with Gasteiger partial charge in [0.15, 0.2) is 0 Å². The smallest absolute Gasteiger partial charge is 0.253 e. The molecule has 5 nitrogen and oxygen atoms in total. The number of rotatable bonds is 5. The minimum absolute atomic E-state index is 0.00650. The van der Waals surface area contributed by atoms with Gasteiger partial charge in [-0.2, -0.15) is 0 Å². The second-order valence-corrected chi connectivity index (χ2v) is 8.39. The molecule has 1 saturated heterocycles. The van der Waals surface area contributed by atoms with Gasteiger partial charge in [0.1, 0.15) is 0 Å². The first-order chi connectivity index (χ1) is 14.0. The van der Waals surface area contributed by atoms with Gasteiger partial charge in [-0.15, -0.1) is 0 Å². The predicted molar refractivity (Wildman–Crippen MR) is 114 cm³/mol. The standard InChI is InChI=1S/C23H26ClN3O2/c1-26-10-12-27(13-11-26)23(29)17-8-6-16(7-9-17)15-25-22(28)20-14-19(20)18-4-2-3-5-21(18)24/h2-9,19-20H,10-15H2,1H3,(H,25,28). The van der Waals surface area contributed by atoms with Gasteiger partial charge in [-0.05, 0) is 48.7 Å². The summed E-state index contributed by atoms with van der Waals surface area (Å²) in [7, 11) is 2.07. The van der Waals surface area contributed by atoms with Gasteiger partial charge in [0.2, 0.25) is 5.91 Å². The molecule has 4 rings (SSSR count). The Balaban J connectivity index is 1.28. The van der Waals surface area contributed by atoms with Crippen molar-refractivity contribution in [1.82, 2.24) is 15.1 Å². The van der Waals surface area contributed by atoms with E-state index < -0.39 is 0 Å². The Bertz CT molecular complexity index is 891. The molecule has 1 N–H and O–H groups in total. The molecule has 1 heterocycles. The number of piperazine rings is 1. The van der Waals surface area contributed by atoms with Crippen molar-refractivity contribution >= 4 is 23.4 Å². The van der Waals surface area contributed by atoms with Crippen LogP contribution in [0, 0.1) is 5.92 Å². The van der Waals surface area contributed by atoms with Crippen molar-refractivity contribution in [1.29, 1.82) is 0 Å². The second kappa shape index (κ2) is 8.56. The summed E-state index contributed by atoms with van der Waals surface area (Å²) in [6.07, 6.45) is 0.841. The van der Waals surface area contributed by atoms with Crippen LogP contribution in [0.2, 0.25) is 5.02 Å². The maximum atomic E-state index is 12.6. The van der Waals surface area contributed by atoms with Crippen molar-refractivity contribution in [3.63, 3.8) is 0 Å². The van der Waals surface area contributed by atoms with Crippen LogP contribution in [0.4, 0.5) is 0 Å². The summed E-state index contributed by atoms with van der Waals surface area (Å²) in [5, 5.41) is 3.74. The van der Waals surface area contributed by atoms with Crippen LogP contribution in [-0.2, 0) is 11.3 Å². The number of carbonyl (C=O) groups is 2. The maximum absolute atomic E-state index is 12.6. The summed E-state index contributed by atoms with van der Waals surface area (Å²) in [4.78, 5) is 29.2. The molecule has 2 unspecified atom stereocenters. The van der Waals surface area contributed by atoms with E-state index in [1.54, 1.807) is 0 Å². The number of benzene rings is 2. The van der Waals surface area contributed by atoms with Crippen LogP contribution in [0.3, 0.4) is 0 Å². The molecule has 0 bridgehead atoms. The molecule has 2 amide bonds. The zero-order chi connectivity index (χ0) is 20.4. The van der Waals surface area contributed by atoms with E-state index in [1.165, 1.54) is 0 Å². The molecule has 2 atom stereocenters. The van der Waals surface area contributed by atoms with Crippen LogP contribution in [0.5, 0.6) is 0 Å². The number of hydrogen-bond acceptors (Lipinski definition) is 3. The number of halogens is 1. The highest BCUT2D eigenvalue weighted by Crippen LogP contribution is 2.49. The normalized spacial score (nSPS) is 21.7. The SMILES string of the molecule is CN1CCN(C(=O)c2ccc(CNC(=O)C3CC3c3ccccc3Cl)cc2)CC1. The Morgan fingerprint density at radius 1 is 1.03 bits per heavy atom. The molecule has 1 aliphatic heterocycles. The lowest BCUT2D eigenvalue weighted by molar-refractivity contribution is -0.122. The summed E-state index contributed by atoms with van der Waals surface area (Å²) in [6.45, 7) is 3.81. The molecule has 0 radical (unpaired) electrons. The predicted octanol–water partition coefficient (Wildman–Crippen LogP) is 3.15. The number of nitrogens with zero attached hydrogens (tertiary/aromatic N) is 2. The van der Waals surface area contributed by atoms with Crippen LogP contribution >= 0.6 is 11.6 Å². The third kappa shape index (κ3) is 4.62. The van der Waals surface area contributed by atoms with Crippen LogP contribution < -0.4 is 5.32 Å². The van der Waals surface area contributed by atoms with Crippen molar-refractivity contribution in [3.05, 3.63) is 70.2 Å². The molecule has 29 heavy (non-hydrogen) atoms. The topological polar surface area (TPSA) is 52.6 Å². The van der Waals surface area contributed by atoms with Crippen LogP contribution in [-0.4, -0.2) is 54.8 Å². The van der Waals surface area contributed by atoms with Crippen LogP contribution in [0.15, 0.2) is 48.5 Å². The Kier molecular flexibility index (Phi) is 5.88. The summed E-state index contributed by atoms with van der Waals surface area (Å²) >= 11 is 6.24. The number of nitrogens with one attached hydrogen (secondary N) is 1. The minimum Gasteiger partial charge on any atom is -0.352 e. The summed E-state index contributed by atoms with van der Waals surface area (Å²) in [6, 6.07) is 15.3. The van der Waals surface area contributed by atoms with Gasteiger partial charge in [0.05, 0.1) is 0 Å². The van der Waals surface area contributed by atoms with E-state index >= 15 is 0 Å². The van der Waals surface area contributed by atoms with Crippen molar-refractivity contribution in [3.8, 4) is 0 Å². The van der Waals surface area contributed by atoms with E-state index in [0.717, 1.165) is 48.7 Å². The maximum Gasteiger partial charge on any atom is 0.253 e. The molecular weight excluding hydrogens is 386 g/mol. The average Bonchev–Trinajstić information content (AvgIpc) is 3.53. The third-order valence-corrected chi connectivity index (χ3v) is 6.23. The molecule has 0 aromatic heterocycles. The Labute approximate surface area is 176 Å². The highest BCUT2D eigenvalue weighted by atomic mass is 35.5. The van der Waals surface area contributed by atoms with E-state index in [0.29, 0.717) is 12.1 Å². The fraction of sp³-hybridized carbons (Fsp3) is 0.391. The Morgan fingerprint density at radius 3 is 2.41 bits per heavy atom. The average molecular weight is 412 g/mol. The van der Waals surface area contributed by atoms with Crippen LogP contribution in [0.25, 0.3) is 0 Å². The number of hydrogen-bond donors (Lipinski definition) is 1. The molecule has 152 valence electrons. The van der Waals surface area contributed by atoms with Gasteiger partial charge in [0, 0.05) is 49.2 Å². The highest BCUT2D eigenvalue weighted by molar-refractivity contribution is 6.31. The molecule has 6 heteroatoms. The van der Waals surface area contributed by atoms with Crippen LogP contribution in [0.1, 0.15) is 33.8 Å². The van der Waals surface area contributed by atoms with E-state index in [9.17, 15) is 9.59 Å². The minimum atomic E-state index is -0.00650. The van der Waals surface area contributed by atoms with Crippen molar-refractivity contribution in [2.45, 2.75) is 18.9 Å². The molecule has 2 aromatic rings. The monoisotopic (exact) mass is 411 g/mol. The lowest BCUT2D eigenvalue weighted by atomic mass is 10.1. The highest BCUT2D eigenvalue weighted by Gasteiger charge is 2.44.